The number of hydrogen-bond donors (Lipinski definition) is 1. The quantitative estimate of drug-likeness (QED) is 0.330. The number of carbonyl (C=O) groups excluding carboxylic acids is 1. The van der Waals surface area contributed by atoms with Gasteiger partial charge in [-0.3, -0.25) is 4.79 Å². The van der Waals surface area contributed by atoms with Crippen LogP contribution in [0.3, 0.4) is 0 Å². The van der Waals surface area contributed by atoms with Gasteiger partial charge in [-0.2, -0.15) is 5.10 Å². The Morgan fingerprint density at radius 2 is 1.74 bits per heavy atom. The third-order valence-electron chi connectivity index (χ3n) is 6.94. The summed E-state index contributed by atoms with van der Waals surface area (Å²) in [4.78, 5) is 18.7. The maximum absolute atomic E-state index is 13.0. The lowest BCUT2D eigenvalue weighted by Gasteiger charge is -2.20. The third kappa shape index (κ3) is 5.07. The van der Waals surface area contributed by atoms with Gasteiger partial charge in [0.2, 0.25) is 10.0 Å². The minimum absolute atomic E-state index is 0.110. The summed E-state index contributed by atoms with van der Waals surface area (Å²) in [6.45, 7) is 6.47. The molecule has 204 valence electrons. The molecule has 1 fully saturated rings. The molecular formula is C28H31N5O5S. The van der Waals surface area contributed by atoms with Crippen molar-refractivity contribution in [3.05, 3.63) is 65.5 Å². The molecule has 5 rings (SSSR count). The summed E-state index contributed by atoms with van der Waals surface area (Å²) in [5.41, 5.74) is 5.43. The zero-order valence-corrected chi connectivity index (χ0v) is 23.4. The Hall–Kier alpha value is -3.96. The van der Waals surface area contributed by atoms with Crippen molar-refractivity contribution in [1.29, 1.82) is 0 Å². The molecule has 39 heavy (non-hydrogen) atoms. The largest absolute Gasteiger partial charge is 0.493 e. The molecule has 0 saturated carbocycles. The lowest BCUT2D eigenvalue weighted by molar-refractivity contribution is 0.101. The molecule has 0 spiro atoms. The average Bonchev–Trinajstić information content (AvgIpc) is 3.50. The summed E-state index contributed by atoms with van der Waals surface area (Å²) in [5, 5.41) is 4.76. The molecule has 0 amide bonds. The number of benzene rings is 2. The van der Waals surface area contributed by atoms with Crippen LogP contribution in [-0.2, 0) is 10.0 Å². The second kappa shape index (κ2) is 10.3. The van der Waals surface area contributed by atoms with Crippen LogP contribution in [0.5, 0.6) is 11.5 Å². The van der Waals surface area contributed by atoms with E-state index in [9.17, 15) is 13.2 Å². The van der Waals surface area contributed by atoms with Gasteiger partial charge in [0.25, 0.3) is 0 Å². The molecule has 2 aromatic heterocycles. The molecule has 0 radical (unpaired) electrons. The van der Waals surface area contributed by atoms with Crippen LogP contribution in [0.4, 0.5) is 5.69 Å². The zero-order valence-electron chi connectivity index (χ0n) is 22.6. The lowest BCUT2D eigenvalue weighted by Crippen LogP contribution is -2.37. The number of methoxy groups -OCH3 is 2. The van der Waals surface area contributed by atoms with Gasteiger partial charge in [0.05, 0.1) is 41.9 Å². The van der Waals surface area contributed by atoms with Gasteiger partial charge in [0, 0.05) is 30.3 Å². The normalized spacial score (nSPS) is 15.6. The molecule has 1 atom stereocenters. The second-order valence-corrected chi connectivity index (χ2v) is 11.4. The Morgan fingerprint density at radius 3 is 2.41 bits per heavy atom. The van der Waals surface area contributed by atoms with E-state index in [1.165, 1.54) is 31.2 Å². The van der Waals surface area contributed by atoms with Crippen molar-refractivity contribution in [3.8, 4) is 22.8 Å². The van der Waals surface area contributed by atoms with Crippen LogP contribution in [0.2, 0.25) is 0 Å². The Morgan fingerprint density at radius 1 is 1.03 bits per heavy atom. The van der Waals surface area contributed by atoms with Gasteiger partial charge in [0.1, 0.15) is 0 Å². The molecule has 1 saturated heterocycles. The fraction of sp³-hybridized carbons (Fsp3) is 0.321. The first-order valence-electron chi connectivity index (χ1n) is 12.6. The highest BCUT2D eigenvalue weighted by atomic mass is 32.2. The first-order valence-corrected chi connectivity index (χ1v) is 14.1. The number of aromatic nitrogens is 3. The van der Waals surface area contributed by atoms with E-state index in [4.69, 9.17) is 19.6 Å². The first-order chi connectivity index (χ1) is 18.6. The molecule has 1 aliphatic rings. The van der Waals surface area contributed by atoms with Crippen LogP contribution >= 0.6 is 0 Å². The topological polar surface area (TPSA) is 115 Å². The minimum Gasteiger partial charge on any atom is -0.493 e. The molecule has 1 unspecified atom stereocenters. The summed E-state index contributed by atoms with van der Waals surface area (Å²) >= 11 is 0. The summed E-state index contributed by atoms with van der Waals surface area (Å²) < 4.78 is 41.6. The Balaban J connectivity index is 1.43. The maximum Gasteiger partial charge on any atom is 0.240 e. The predicted octanol–water partition coefficient (Wildman–Crippen LogP) is 3.79. The summed E-state index contributed by atoms with van der Waals surface area (Å²) in [6, 6.07) is 13.4. The number of ether oxygens (including phenoxy) is 2. The first kappa shape index (κ1) is 26.6. The van der Waals surface area contributed by atoms with E-state index in [2.05, 4.69) is 9.62 Å². The number of imidazole rings is 1. The van der Waals surface area contributed by atoms with Crippen molar-refractivity contribution in [2.75, 3.05) is 32.2 Å². The van der Waals surface area contributed by atoms with Crippen molar-refractivity contribution < 1.29 is 22.7 Å². The number of ketones is 1. The number of fused-ring (bicyclic) bond motifs is 1. The van der Waals surface area contributed by atoms with Gasteiger partial charge in [0.15, 0.2) is 22.9 Å². The summed E-state index contributed by atoms with van der Waals surface area (Å²) in [5.74, 6) is 1.14. The van der Waals surface area contributed by atoms with E-state index >= 15 is 0 Å². The molecule has 3 heterocycles. The number of anilines is 1. The molecule has 2 aromatic carbocycles. The van der Waals surface area contributed by atoms with Crippen LogP contribution < -0.4 is 19.1 Å². The van der Waals surface area contributed by atoms with Crippen LogP contribution in [0.25, 0.3) is 16.9 Å². The summed E-state index contributed by atoms with van der Waals surface area (Å²) in [7, 11) is -0.538. The van der Waals surface area contributed by atoms with Gasteiger partial charge < -0.3 is 14.4 Å². The van der Waals surface area contributed by atoms with E-state index in [-0.39, 0.29) is 16.7 Å². The zero-order chi connectivity index (χ0) is 27.9. The van der Waals surface area contributed by atoms with Crippen molar-refractivity contribution in [2.24, 2.45) is 0 Å². The SMILES string of the molecule is COc1ccc(-c2c(C)nc3c(N4CCC(NS(=O)(=O)c5ccc(C(C)=O)cc5)C4)cc(C)nn23)cc1OC. The number of hydrogen-bond acceptors (Lipinski definition) is 8. The smallest absolute Gasteiger partial charge is 0.240 e. The third-order valence-corrected chi connectivity index (χ3v) is 8.48. The number of Topliss-reactive ketones (excluding diaryl/α,β-unsaturated/α-hetero) is 1. The minimum atomic E-state index is -3.74. The van der Waals surface area contributed by atoms with E-state index in [1.54, 1.807) is 14.2 Å². The van der Waals surface area contributed by atoms with Gasteiger partial charge >= 0.3 is 0 Å². The molecule has 11 heteroatoms. The Labute approximate surface area is 227 Å². The summed E-state index contributed by atoms with van der Waals surface area (Å²) in [6.07, 6.45) is 0.639. The van der Waals surface area contributed by atoms with Gasteiger partial charge in [-0.05, 0) is 63.6 Å². The molecule has 4 aromatic rings. The second-order valence-electron chi connectivity index (χ2n) is 9.66. The van der Waals surface area contributed by atoms with E-state index < -0.39 is 10.0 Å². The van der Waals surface area contributed by atoms with Crippen LogP contribution in [0.1, 0.15) is 35.1 Å². The number of sulfonamides is 1. The molecule has 0 aliphatic carbocycles. The molecule has 0 bridgehead atoms. The number of rotatable bonds is 8. The van der Waals surface area contributed by atoms with Crippen LogP contribution in [0, 0.1) is 13.8 Å². The van der Waals surface area contributed by atoms with E-state index in [0.29, 0.717) is 42.2 Å². The number of nitrogens with zero attached hydrogens (tertiary/aromatic N) is 4. The molecule has 1 N–H and O–H groups in total. The average molecular weight is 550 g/mol. The highest BCUT2D eigenvalue weighted by Gasteiger charge is 2.30. The van der Waals surface area contributed by atoms with Crippen molar-refractivity contribution in [3.63, 3.8) is 0 Å². The Bertz CT molecular complexity index is 1660. The van der Waals surface area contributed by atoms with E-state index in [0.717, 1.165) is 28.3 Å². The standard InChI is InChI=1S/C28H31N5O5S/c1-17-14-24(28-29-18(2)27(33(28)30-17)21-8-11-25(37-4)26(15-21)38-5)32-13-12-22(16-32)31-39(35,36)23-9-6-20(7-10-23)19(3)34/h6-11,14-15,22,31H,12-13,16H2,1-5H3. The Kier molecular flexibility index (Phi) is 7.04. The van der Waals surface area contributed by atoms with E-state index in [1.807, 2.05) is 42.6 Å². The van der Waals surface area contributed by atoms with Gasteiger partial charge in [-0.25, -0.2) is 22.6 Å². The molecular weight excluding hydrogens is 518 g/mol. The van der Waals surface area contributed by atoms with Crippen molar-refractivity contribution in [1.82, 2.24) is 19.3 Å². The fourth-order valence-corrected chi connectivity index (χ4v) is 6.27. The predicted molar refractivity (Wildman–Crippen MR) is 148 cm³/mol. The van der Waals surface area contributed by atoms with Crippen LogP contribution in [0.15, 0.2) is 53.4 Å². The fourth-order valence-electron chi connectivity index (χ4n) is 5.01. The molecule has 10 nitrogen and oxygen atoms in total. The highest BCUT2D eigenvalue weighted by Crippen LogP contribution is 2.36. The lowest BCUT2D eigenvalue weighted by atomic mass is 10.1. The number of aryl methyl sites for hydroxylation is 2. The van der Waals surface area contributed by atoms with Crippen molar-refractivity contribution >= 4 is 27.1 Å². The monoisotopic (exact) mass is 549 g/mol. The molecule has 1 aliphatic heterocycles. The van der Waals surface area contributed by atoms with Crippen LogP contribution in [-0.4, -0.2) is 62.2 Å². The number of nitrogens with one attached hydrogen (secondary N) is 1. The highest BCUT2D eigenvalue weighted by molar-refractivity contribution is 7.89. The van der Waals surface area contributed by atoms with Gasteiger partial charge in [-0.15, -0.1) is 0 Å². The maximum atomic E-state index is 13.0. The van der Waals surface area contributed by atoms with Gasteiger partial charge in [-0.1, -0.05) is 12.1 Å². The van der Waals surface area contributed by atoms with Crippen molar-refractivity contribution in [2.45, 2.75) is 38.1 Å². The number of carbonyl (C=O) groups is 1.